The van der Waals surface area contributed by atoms with Gasteiger partial charge in [0.25, 0.3) is 0 Å². The SMILES string of the molecule is COc1ccc(Br)cc1C(N)C1(C(=O)O)CCC1. The van der Waals surface area contributed by atoms with Crippen molar-refractivity contribution in [2.45, 2.75) is 25.3 Å². The number of benzene rings is 1. The smallest absolute Gasteiger partial charge is 0.311 e. The van der Waals surface area contributed by atoms with Crippen LogP contribution in [0, 0.1) is 5.41 Å². The van der Waals surface area contributed by atoms with Crippen LogP contribution in [0.15, 0.2) is 22.7 Å². The molecule has 4 nitrogen and oxygen atoms in total. The van der Waals surface area contributed by atoms with Gasteiger partial charge in [0.1, 0.15) is 5.75 Å². The van der Waals surface area contributed by atoms with E-state index in [2.05, 4.69) is 15.9 Å². The number of carboxylic acid groups (broad SMARTS) is 1. The van der Waals surface area contributed by atoms with Crippen LogP contribution in [0.4, 0.5) is 0 Å². The van der Waals surface area contributed by atoms with E-state index in [1.807, 2.05) is 12.1 Å². The van der Waals surface area contributed by atoms with Gasteiger partial charge in [-0.2, -0.15) is 0 Å². The molecule has 1 aliphatic carbocycles. The third-order valence-corrected chi connectivity index (χ3v) is 4.29. The zero-order valence-corrected chi connectivity index (χ0v) is 11.7. The van der Waals surface area contributed by atoms with Gasteiger partial charge in [-0.1, -0.05) is 22.4 Å². The molecule has 0 radical (unpaired) electrons. The second-order valence-electron chi connectivity index (χ2n) is 4.68. The first-order chi connectivity index (χ1) is 8.51. The molecule has 3 N–H and O–H groups in total. The summed E-state index contributed by atoms with van der Waals surface area (Å²) in [7, 11) is 1.56. The minimum Gasteiger partial charge on any atom is -0.496 e. The maximum Gasteiger partial charge on any atom is 0.311 e. The molecule has 1 aliphatic rings. The Labute approximate surface area is 114 Å². The van der Waals surface area contributed by atoms with E-state index in [1.165, 1.54) is 0 Å². The van der Waals surface area contributed by atoms with Crippen LogP contribution in [-0.2, 0) is 4.79 Å². The summed E-state index contributed by atoms with van der Waals surface area (Å²) in [5.74, 6) is -0.179. The predicted molar refractivity (Wildman–Crippen MR) is 71.5 cm³/mol. The highest BCUT2D eigenvalue weighted by Gasteiger charge is 2.50. The number of hydrogen-bond donors (Lipinski definition) is 2. The summed E-state index contributed by atoms with van der Waals surface area (Å²) in [5.41, 5.74) is 6.11. The summed E-state index contributed by atoms with van der Waals surface area (Å²) >= 11 is 3.38. The third kappa shape index (κ3) is 2.01. The van der Waals surface area contributed by atoms with Crippen molar-refractivity contribution in [3.8, 4) is 5.75 Å². The van der Waals surface area contributed by atoms with Crippen molar-refractivity contribution in [3.05, 3.63) is 28.2 Å². The maximum absolute atomic E-state index is 11.5. The Bertz CT molecular complexity index is 471. The lowest BCUT2D eigenvalue weighted by Gasteiger charge is -2.42. The summed E-state index contributed by atoms with van der Waals surface area (Å²) in [6.45, 7) is 0. The largest absolute Gasteiger partial charge is 0.496 e. The average Bonchev–Trinajstić information content (AvgIpc) is 2.26. The second-order valence-corrected chi connectivity index (χ2v) is 5.59. The van der Waals surface area contributed by atoms with E-state index < -0.39 is 17.4 Å². The Morgan fingerprint density at radius 2 is 2.22 bits per heavy atom. The van der Waals surface area contributed by atoms with Gasteiger partial charge >= 0.3 is 5.97 Å². The van der Waals surface area contributed by atoms with E-state index >= 15 is 0 Å². The van der Waals surface area contributed by atoms with Crippen molar-refractivity contribution in [2.24, 2.45) is 11.1 Å². The van der Waals surface area contributed by atoms with Crippen LogP contribution in [0.25, 0.3) is 0 Å². The topological polar surface area (TPSA) is 72.5 Å². The summed E-state index contributed by atoms with van der Waals surface area (Å²) in [6, 6.07) is 4.94. The second kappa shape index (κ2) is 4.90. The molecule has 1 atom stereocenters. The molecular formula is C13H16BrNO3. The highest BCUT2D eigenvalue weighted by Crippen LogP contribution is 2.51. The number of methoxy groups -OCH3 is 1. The monoisotopic (exact) mass is 313 g/mol. The number of nitrogens with two attached hydrogens (primary N) is 1. The predicted octanol–water partition coefficient (Wildman–Crippen LogP) is 2.71. The number of aliphatic carboxylic acids is 1. The van der Waals surface area contributed by atoms with E-state index in [-0.39, 0.29) is 0 Å². The van der Waals surface area contributed by atoms with Crippen molar-refractivity contribution >= 4 is 21.9 Å². The molecule has 0 heterocycles. The van der Waals surface area contributed by atoms with Crippen molar-refractivity contribution < 1.29 is 14.6 Å². The Morgan fingerprint density at radius 3 is 2.67 bits per heavy atom. The standard InChI is InChI=1S/C13H16BrNO3/c1-18-10-4-3-8(14)7-9(10)11(15)13(12(16)17)5-2-6-13/h3-4,7,11H,2,5-6,15H2,1H3,(H,16,17). The molecule has 1 aromatic carbocycles. The lowest BCUT2D eigenvalue weighted by atomic mass is 9.62. The fourth-order valence-electron chi connectivity index (χ4n) is 2.46. The van der Waals surface area contributed by atoms with Gasteiger partial charge in [0.2, 0.25) is 0 Å². The number of halogens is 1. The molecule has 0 amide bonds. The van der Waals surface area contributed by atoms with E-state index in [0.29, 0.717) is 18.6 Å². The minimum absolute atomic E-state index is 0.545. The molecule has 0 saturated heterocycles. The first kappa shape index (κ1) is 13.4. The zero-order chi connectivity index (χ0) is 13.3. The molecule has 0 aliphatic heterocycles. The van der Waals surface area contributed by atoms with Crippen molar-refractivity contribution in [2.75, 3.05) is 7.11 Å². The fourth-order valence-corrected chi connectivity index (χ4v) is 2.84. The Morgan fingerprint density at radius 1 is 1.56 bits per heavy atom. The van der Waals surface area contributed by atoms with Crippen LogP contribution in [0.2, 0.25) is 0 Å². The molecule has 0 bridgehead atoms. The molecule has 1 saturated carbocycles. The molecule has 0 aromatic heterocycles. The summed E-state index contributed by atoms with van der Waals surface area (Å²) < 4.78 is 6.14. The molecule has 98 valence electrons. The van der Waals surface area contributed by atoms with Gasteiger partial charge in [-0.05, 0) is 31.0 Å². The quantitative estimate of drug-likeness (QED) is 0.896. The lowest BCUT2D eigenvalue weighted by molar-refractivity contribution is -0.156. The first-order valence-corrected chi connectivity index (χ1v) is 6.63. The van der Waals surface area contributed by atoms with Crippen LogP contribution in [-0.4, -0.2) is 18.2 Å². The van der Waals surface area contributed by atoms with Crippen LogP contribution in [0.5, 0.6) is 5.75 Å². The molecule has 0 spiro atoms. The van der Waals surface area contributed by atoms with Gasteiger partial charge in [-0.25, -0.2) is 0 Å². The van der Waals surface area contributed by atoms with Gasteiger partial charge in [-0.15, -0.1) is 0 Å². The highest BCUT2D eigenvalue weighted by atomic mass is 79.9. The van der Waals surface area contributed by atoms with Gasteiger partial charge < -0.3 is 15.6 Å². The molecule has 1 unspecified atom stereocenters. The zero-order valence-electron chi connectivity index (χ0n) is 10.1. The molecule has 18 heavy (non-hydrogen) atoms. The summed E-state index contributed by atoms with van der Waals surface area (Å²) in [6.07, 6.45) is 2.16. The normalized spacial score (nSPS) is 18.8. The molecule has 2 rings (SSSR count). The van der Waals surface area contributed by atoms with Crippen LogP contribution in [0.3, 0.4) is 0 Å². The number of carbonyl (C=O) groups is 1. The summed E-state index contributed by atoms with van der Waals surface area (Å²) in [5, 5.41) is 9.42. The fraction of sp³-hybridized carbons (Fsp3) is 0.462. The van der Waals surface area contributed by atoms with Gasteiger partial charge in [0.05, 0.1) is 12.5 Å². The van der Waals surface area contributed by atoms with E-state index in [0.717, 1.165) is 16.5 Å². The van der Waals surface area contributed by atoms with Gasteiger partial charge in [0, 0.05) is 16.1 Å². The van der Waals surface area contributed by atoms with Crippen molar-refractivity contribution in [1.29, 1.82) is 0 Å². The average molecular weight is 314 g/mol. The Balaban J connectivity index is 2.41. The third-order valence-electron chi connectivity index (χ3n) is 3.79. The molecule has 1 aromatic rings. The molecule has 5 heteroatoms. The van der Waals surface area contributed by atoms with Gasteiger partial charge in [0.15, 0.2) is 0 Å². The van der Waals surface area contributed by atoms with E-state index in [4.69, 9.17) is 10.5 Å². The molecular weight excluding hydrogens is 298 g/mol. The first-order valence-electron chi connectivity index (χ1n) is 5.83. The van der Waals surface area contributed by atoms with Crippen LogP contribution >= 0.6 is 15.9 Å². The Hall–Kier alpha value is -1.07. The number of carboxylic acids is 1. The maximum atomic E-state index is 11.5. The lowest BCUT2D eigenvalue weighted by Crippen LogP contribution is -2.46. The van der Waals surface area contributed by atoms with Crippen LogP contribution in [0.1, 0.15) is 30.9 Å². The minimum atomic E-state index is -0.839. The summed E-state index contributed by atoms with van der Waals surface area (Å²) in [4.78, 5) is 11.5. The van der Waals surface area contributed by atoms with E-state index in [1.54, 1.807) is 13.2 Å². The van der Waals surface area contributed by atoms with E-state index in [9.17, 15) is 9.90 Å². The highest BCUT2D eigenvalue weighted by molar-refractivity contribution is 9.10. The number of hydrogen-bond acceptors (Lipinski definition) is 3. The van der Waals surface area contributed by atoms with Crippen LogP contribution < -0.4 is 10.5 Å². The Kier molecular flexibility index (Phi) is 3.64. The van der Waals surface area contributed by atoms with Crippen molar-refractivity contribution in [3.63, 3.8) is 0 Å². The number of ether oxygens (including phenoxy) is 1. The molecule has 1 fully saturated rings. The van der Waals surface area contributed by atoms with Gasteiger partial charge in [-0.3, -0.25) is 4.79 Å². The number of rotatable bonds is 4. The van der Waals surface area contributed by atoms with Crippen molar-refractivity contribution in [1.82, 2.24) is 0 Å².